The topological polar surface area (TPSA) is 38.1 Å². The van der Waals surface area contributed by atoms with Crippen LogP contribution in [0, 0.1) is 0 Å². The molecule has 3 heteroatoms. The van der Waals surface area contributed by atoms with Gasteiger partial charge in [-0.3, -0.25) is 0 Å². The first-order chi connectivity index (χ1) is 4.43. The van der Waals surface area contributed by atoms with E-state index in [0.29, 0.717) is 6.01 Å². The van der Waals surface area contributed by atoms with E-state index in [0.717, 1.165) is 13.0 Å². The molecule has 1 aromatic rings. The van der Waals surface area contributed by atoms with E-state index in [1.165, 1.54) is 0 Å². The lowest BCUT2D eigenvalue weighted by atomic mass is 10.5. The number of hydrogen-bond donors (Lipinski definition) is 1. The summed E-state index contributed by atoms with van der Waals surface area (Å²) in [4.78, 5) is 3.88. The van der Waals surface area contributed by atoms with Gasteiger partial charge in [-0.15, -0.1) is 0 Å². The van der Waals surface area contributed by atoms with Gasteiger partial charge >= 0.3 is 0 Å². The van der Waals surface area contributed by atoms with Crippen LogP contribution >= 0.6 is 0 Å². The maximum Gasteiger partial charge on any atom is 0.294 e. The van der Waals surface area contributed by atoms with Crippen molar-refractivity contribution in [3.63, 3.8) is 0 Å². The number of aromatic nitrogens is 1. The second-order valence-corrected chi connectivity index (χ2v) is 1.76. The highest BCUT2D eigenvalue weighted by Gasteiger charge is 1.90. The second-order valence-electron chi connectivity index (χ2n) is 1.76. The molecule has 50 valence electrons. The lowest BCUT2D eigenvalue weighted by molar-refractivity contribution is 0.570. The molecule has 0 radical (unpaired) electrons. The fraction of sp³-hybridized carbons (Fsp3) is 0.500. The Kier molecular flexibility index (Phi) is 2.13. The summed E-state index contributed by atoms with van der Waals surface area (Å²) >= 11 is 0. The highest BCUT2D eigenvalue weighted by molar-refractivity contribution is 5.16. The van der Waals surface area contributed by atoms with Crippen LogP contribution in [0.1, 0.15) is 13.3 Å². The van der Waals surface area contributed by atoms with E-state index in [2.05, 4.69) is 17.2 Å². The van der Waals surface area contributed by atoms with Crippen molar-refractivity contribution >= 4 is 6.01 Å². The number of rotatable bonds is 3. The minimum atomic E-state index is 0.608. The van der Waals surface area contributed by atoms with Crippen molar-refractivity contribution in [2.24, 2.45) is 0 Å². The van der Waals surface area contributed by atoms with Crippen LogP contribution in [-0.2, 0) is 0 Å². The molecule has 0 aliphatic rings. The summed E-state index contributed by atoms with van der Waals surface area (Å²) in [5, 5.41) is 3.00. The Balaban J connectivity index is 2.30. The number of anilines is 1. The molecule has 1 aromatic heterocycles. The Morgan fingerprint density at radius 3 is 3.22 bits per heavy atom. The summed E-state index contributed by atoms with van der Waals surface area (Å²) in [6.07, 6.45) is 4.26. The summed E-state index contributed by atoms with van der Waals surface area (Å²) < 4.78 is 4.91. The summed E-state index contributed by atoms with van der Waals surface area (Å²) in [5.74, 6) is 0. The minimum absolute atomic E-state index is 0.608. The van der Waals surface area contributed by atoms with E-state index in [1.807, 2.05) is 0 Å². The van der Waals surface area contributed by atoms with Crippen LogP contribution in [0.2, 0.25) is 0 Å². The van der Waals surface area contributed by atoms with E-state index in [4.69, 9.17) is 4.42 Å². The van der Waals surface area contributed by atoms with Gasteiger partial charge in [0.25, 0.3) is 6.01 Å². The van der Waals surface area contributed by atoms with Gasteiger partial charge in [-0.2, -0.15) is 0 Å². The smallest absolute Gasteiger partial charge is 0.294 e. The number of hydrogen-bond acceptors (Lipinski definition) is 3. The van der Waals surface area contributed by atoms with Crippen LogP contribution in [0.15, 0.2) is 16.9 Å². The monoisotopic (exact) mass is 126 g/mol. The van der Waals surface area contributed by atoms with Crippen LogP contribution in [0.25, 0.3) is 0 Å². The van der Waals surface area contributed by atoms with Crippen molar-refractivity contribution in [2.45, 2.75) is 13.3 Å². The van der Waals surface area contributed by atoms with Crippen LogP contribution in [0.5, 0.6) is 0 Å². The Labute approximate surface area is 54.1 Å². The van der Waals surface area contributed by atoms with Gasteiger partial charge in [-0.1, -0.05) is 6.92 Å². The second kappa shape index (κ2) is 3.12. The van der Waals surface area contributed by atoms with E-state index in [9.17, 15) is 0 Å². The molecule has 0 atom stereocenters. The predicted molar refractivity (Wildman–Crippen MR) is 35.3 cm³/mol. The molecule has 0 unspecified atom stereocenters. The molecule has 1 heterocycles. The molecular formula is C6H10N2O. The molecule has 0 aliphatic carbocycles. The molecule has 0 spiro atoms. The molecule has 0 aliphatic heterocycles. The quantitative estimate of drug-likeness (QED) is 0.666. The molecule has 0 saturated carbocycles. The van der Waals surface area contributed by atoms with Crippen LogP contribution in [0.3, 0.4) is 0 Å². The van der Waals surface area contributed by atoms with Crippen molar-refractivity contribution in [3.05, 3.63) is 12.5 Å². The van der Waals surface area contributed by atoms with Crippen molar-refractivity contribution in [1.29, 1.82) is 0 Å². The lowest BCUT2D eigenvalue weighted by Crippen LogP contribution is -1.98. The summed E-state index contributed by atoms with van der Waals surface area (Å²) in [5.41, 5.74) is 0. The van der Waals surface area contributed by atoms with Gasteiger partial charge in [0, 0.05) is 6.54 Å². The van der Waals surface area contributed by atoms with Gasteiger partial charge in [-0.25, -0.2) is 4.98 Å². The molecule has 1 rings (SSSR count). The Bertz CT molecular complexity index is 148. The Morgan fingerprint density at radius 2 is 2.67 bits per heavy atom. The standard InChI is InChI=1S/C6H10N2O/c1-2-3-7-6-8-4-5-9-6/h4-5H,2-3H2,1H3,(H,7,8). The van der Waals surface area contributed by atoms with Gasteiger partial charge in [0.05, 0.1) is 6.20 Å². The molecule has 0 aromatic carbocycles. The van der Waals surface area contributed by atoms with Crippen molar-refractivity contribution in [2.75, 3.05) is 11.9 Å². The largest absolute Gasteiger partial charge is 0.432 e. The van der Waals surface area contributed by atoms with E-state index >= 15 is 0 Å². The number of nitrogens with one attached hydrogen (secondary N) is 1. The van der Waals surface area contributed by atoms with Crippen molar-refractivity contribution in [3.8, 4) is 0 Å². The van der Waals surface area contributed by atoms with Crippen LogP contribution in [-0.4, -0.2) is 11.5 Å². The number of oxazole rings is 1. The van der Waals surface area contributed by atoms with E-state index in [1.54, 1.807) is 12.5 Å². The minimum Gasteiger partial charge on any atom is -0.432 e. The molecule has 9 heavy (non-hydrogen) atoms. The maximum absolute atomic E-state index is 4.91. The van der Waals surface area contributed by atoms with Gasteiger partial charge in [0.15, 0.2) is 0 Å². The zero-order valence-corrected chi connectivity index (χ0v) is 5.42. The van der Waals surface area contributed by atoms with Gasteiger partial charge in [0.2, 0.25) is 0 Å². The molecule has 0 amide bonds. The third-order valence-electron chi connectivity index (χ3n) is 0.959. The lowest BCUT2D eigenvalue weighted by Gasteiger charge is -1.94. The third-order valence-corrected chi connectivity index (χ3v) is 0.959. The number of nitrogens with zero attached hydrogens (tertiary/aromatic N) is 1. The maximum atomic E-state index is 4.91. The first kappa shape index (κ1) is 6.13. The normalized spacial score (nSPS) is 9.44. The fourth-order valence-electron chi connectivity index (χ4n) is 0.543. The molecule has 0 bridgehead atoms. The van der Waals surface area contributed by atoms with Crippen molar-refractivity contribution in [1.82, 2.24) is 4.98 Å². The molecule has 0 fully saturated rings. The van der Waals surface area contributed by atoms with Gasteiger partial charge < -0.3 is 9.73 Å². The van der Waals surface area contributed by atoms with Gasteiger partial charge in [-0.05, 0) is 6.42 Å². The van der Waals surface area contributed by atoms with E-state index < -0.39 is 0 Å². The summed E-state index contributed by atoms with van der Waals surface area (Å²) in [6, 6.07) is 0.608. The Morgan fingerprint density at radius 1 is 1.78 bits per heavy atom. The molecule has 0 saturated heterocycles. The molecule has 1 N–H and O–H groups in total. The molecule has 3 nitrogen and oxygen atoms in total. The van der Waals surface area contributed by atoms with Crippen LogP contribution in [0.4, 0.5) is 6.01 Å². The fourth-order valence-corrected chi connectivity index (χ4v) is 0.543. The zero-order valence-electron chi connectivity index (χ0n) is 5.42. The highest BCUT2D eigenvalue weighted by Crippen LogP contribution is 1.99. The first-order valence-corrected chi connectivity index (χ1v) is 3.07. The summed E-state index contributed by atoms with van der Waals surface area (Å²) in [7, 11) is 0. The highest BCUT2D eigenvalue weighted by atomic mass is 16.4. The predicted octanol–water partition coefficient (Wildman–Crippen LogP) is 1.50. The van der Waals surface area contributed by atoms with Gasteiger partial charge in [0.1, 0.15) is 6.26 Å². The Hall–Kier alpha value is -0.990. The van der Waals surface area contributed by atoms with E-state index in [-0.39, 0.29) is 0 Å². The molecular weight excluding hydrogens is 116 g/mol. The average Bonchev–Trinajstić information content (AvgIpc) is 2.34. The third kappa shape index (κ3) is 1.76. The van der Waals surface area contributed by atoms with Crippen molar-refractivity contribution < 1.29 is 4.42 Å². The first-order valence-electron chi connectivity index (χ1n) is 3.07. The summed E-state index contributed by atoms with van der Waals surface area (Å²) in [6.45, 7) is 3.01. The average molecular weight is 126 g/mol. The zero-order chi connectivity index (χ0) is 6.53. The SMILES string of the molecule is CCCNc1ncco1. The van der Waals surface area contributed by atoms with Crippen LogP contribution < -0.4 is 5.32 Å².